The Morgan fingerprint density at radius 1 is 1.08 bits per heavy atom. The van der Waals surface area contributed by atoms with E-state index in [1.807, 2.05) is 37.0 Å². The molecule has 1 aromatic heterocycles. The molecule has 3 fully saturated rings. The van der Waals surface area contributed by atoms with Gasteiger partial charge in [-0.25, -0.2) is 14.0 Å². The second kappa shape index (κ2) is 16.7. The molecule has 1 aliphatic carbocycles. The van der Waals surface area contributed by atoms with E-state index in [9.17, 15) is 19.5 Å². The first-order valence-electron chi connectivity index (χ1n) is 22.5. The third kappa shape index (κ3) is 6.68. The molecule has 2 aromatic rings. The number of benzene rings is 1. The summed E-state index contributed by atoms with van der Waals surface area (Å²) in [6.45, 7) is 15.5. The molecule has 8 rings (SSSR count). The summed E-state index contributed by atoms with van der Waals surface area (Å²) in [5, 5.41) is 19.8. The largest absolute Gasteiger partial charge is 0.496 e. The van der Waals surface area contributed by atoms with Gasteiger partial charge in [0.15, 0.2) is 6.10 Å². The summed E-state index contributed by atoms with van der Waals surface area (Å²) in [7, 11) is 5.87. The lowest BCUT2D eigenvalue weighted by atomic mass is 9.54. The fourth-order valence-corrected chi connectivity index (χ4v) is 13.2. The van der Waals surface area contributed by atoms with Crippen LogP contribution in [0.4, 0.5) is 9.18 Å². The van der Waals surface area contributed by atoms with Gasteiger partial charge in [-0.1, -0.05) is 25.7 Å². The number of hydrogen-bond donors (Lipinski definition) is 4. The number of carbonyl (C=O) groups excluding carboxylic acids is 4. The van der Waals surface area contributed by atoms with Crippen LogP contribution in [0, 0.1) is 23.1 Å². The minimum Gasteiger partial charge on any atom is -0.496 e. The van der Waals surface area contributed by atoms with Gasteiger partial charge in [0.05, 0.1) is 32.9 Å². The Hall–Kier alpha value is -5.19. The van der Waals surface area contributed by atoms with Crippen molar-refractivity contribution in [3.05, 3.63) is 82.7 Å². The van der Waals surface area contributed by atoms with Crippen molar-refractivity contribution in [2.24, 2.45) is 17.3 Å². The van der Waals surface area contributed by atoms with Crippen LogP contribution in [0.1, 0.15) is 64.6 Å². The zero-order valence-electron chi connectivity index (χ0n) is 38.3. The van der Waals surface area contributed by atoms with Crippen LogP contribution in [0.3, 0.4) is 0 Å². The number of urea groups is 1. The first-order valence-corrected chi connectivity index (χ1v) is 22.5. The number of esters is 3. The van der Waals surface area contributed by atoms with Crippen LogP contribution in [-0.4, -0.2) is 146 Å². The van der Waals surface area contributed by atoms with Gasteiger partial charge in [-0.3, -0.25) is 14.5 Å². The first-order chi connectivity index (χ1) is 30.5. The number of nitrogens with zero attached hydrogens (tertiary/aromatic N) is 3. The molecule has 15 nitrogen and oxygen atoms in total. The zero-order chi connectivity index (χ0) is 46.1. The number of carbonyl (C=O) groups is 4. The van der Waals surface area contributed by atoms with Crippen molar-refractivity contribution < 1.29 is 47.6 Å². The van der Waals surface area contributed by atoms with Gasteiger partial charge in [0.2, 0.25) is 5.60 Å². The number of aromatic nitrogens is 1. The van der Waals surface area contributed by atoms with E-state index in [1.165, 1.54) is 40.4 Å². The molecule has 2 bridgehead atoms. The molecule has 5 aliphatic heterocycles. The number of halogens is 1. The minimum atomic E-state index is -2.30. The lowest BCUT2D eigenvalue weighted by molar-refractivity contribution is -0.225. The zero-order valence-corrected chi connectivity index (χ0v) is 38.3. The number of hydrogen-bond acceptors (Lipinski definition) is 12. The number of amides is 2. The molecule has 2 amide bonds. The number of piperidine rings is 1. The Morgan fingerprint density at radius 3 is 2.50 bits per heavy atom. The fraction of sp³-hybridized carbons (Fsp3) is 0.583. The summed E-state index contributed by atoms with van der Waals surface area (Å²) < 4.78 is 38.6. The number of aromatic amines is 1. The Kier molecular flexibility index (Phi) is 11.8. The summed E-state index contributed by atoms with van der Waals surface area (Å²) in [5.74, 6) is -3.01. The van der Waals surface area contributed by atoms with Crippen LogP contribution in [0.5, 0.6) is 0 Å². The van der Waals surface area contributed by atoms with Gasteiger partial charge in [-0.05, 0) is 87.7 Å². The summed E-state index contributed by atoms with van der Waals surface area (Å²) in [6, 6.07) is 3.11. The minimum absolute atomic E-state index is 0.176. The van der Waals surface area contributed by atoms with Crippen LogP contribution in [0.15, 0.2) is 65.6 Å². The second-order valence-corrected chi connectivity index (χ2v) is 18.7. The molecule has 64 heavy (non-hydrogen) atoms. The molecule has 0 radical (unpaired) electrons. The summed E-state index contributed by atoms with van der Waals surface area (Å²) in [6.07, 6.45) is 6.93. The smallest absolute Gasteiger partial charge is 0.344 e. The van der Waals surface area contributed by atoms with Gasteiger partial charge in [-0.15, -0.1) is 0 Å². The number of ether oxygens (including phenoxy) is 4. The van der Waals surface area contributed by atoms with Crippen LogP contribution in [-0.2, 0) is 45.2 Å². The molecule has 10 atom stereocenters. The van der Waals surface area contributed by atoms with Crippen LogP contribution < -0.4 is 10.6 Å². The predicted molar refractivity (Wildman–Crippen MR) is 236 cm³/mol. The highest BCUT2D eigenvalue weighted by Crippen LogP contribution is 2.64. The van der Waals surface area contributed by atoms with Crippen LogP contribution in [0.25, 0.3) is 10.9 Å². The molecule has 6 aliphatic rings. The SMILES string of the molecule is C=C(/C(=C\C1=C(C)[C@]23CCN4CC=C[C@H]([C@H]42)[C@@H](OC(C)=O)[C@](O)(C(=O)OC)C3N1C)OC)[C@@]1(C(=O)OC)C[C@@H]2CN(CCc3c1[nH]c1ccc(F)cc31)CC(CC)(NC(=O)NCC)C2. The second-order valence-electron chi connectivity index (χ2n) is 18.7. The molecule has 346 valence electrons. The quantitative estimate of drug-likeness (QED) is 0.0881. The normalized spacial score (nSPS) is 34.4. The molecular weight excluding hydrogens is 824 g/mol. The molecule has 1 saturated carbocycles. The Morgan fingerprint density at radius 2 is 1.83 bits per heavy atom. The molecule has 2 saturated heterocycles. The summed E-state index contributed by atoms with van der Waals surface area (Å²) in [4.78, 5) is 65.2. The predicted octanol–water partition coefficient (Wildman–Crippen LogP) is 4.22. The van der Waals surface area contributed by atoms with Crippen molar-refractivity contribution in [1.29, 1.82) is 0 Å². The van der Waals surface area contributed by atoms with E-state index in [1.54, 1.807) is 13.1 Å². The van der Waals surface area contributed by atoms with Crippen molar-refractivity contribution in [2.45, 2.75) is 94.5 Å². The topological polar surface area (TPSA) is 175 Å². The molecule has 6 heterocycles. The lowest BCUT2D eigenvalue weighted by Gasteiger charge is -2.58. The van der Waals surface area contributed by atoms with Crippen molar-refractivity contribution in [3.8, 4) is 0 Å². The van der Waals surface area contributed by atoms with Gasteiger partial charge >= 0.3 is 23.9 Å². The number of rotatable bonds is 10. The van der Waals surface area contributed by atoms with Crippen LogP contribution in [0.2, 0.25) is 0 Å². The van der Waals surface area contributed by atoms with Gasteiger partial charge in [0.25, 0.3) is 0 Å². The molecule has 1 spiro atoms. The lowest BCUT2D eigenvalue weighted by Crippen LogP contribution is -2.76. The standard InChI is InChI=1S/C48H63FN6O9/c1-10-45(52-44(59)50-11-2)23-30-24-47(42(57)62-8,38-32(16-19-54(25-30)26-45)34-21-31(49)14-15-35(34)51-38)28(4)37(61-7)22-36-27(3)46-17-20-55-18-12-13-33(39(46)55)40(64-29(5)56)48(60,43(58)63-9)41(46)53(36)6/h12-15,21-22,30,33,39-41,51,60H,4,10-11,16-20,23-26H2,1-3,5-9H3,(H2,50,52,59)/b37-22+/t30-,33-,39+,40-,41?,45?,46-,47+,48-/m1/s1. The van der Waals surface area contributed by atoms with E-state index in [4.69, 9.17) is 25.5 Å². The van der Waals surface area contributed by atoms with Gasteiger partial charge in [0, 0.05) is 98.0 Å². The van der Waals surface area contributed by atoms with Crippen molar-refractivity contribution in [3.63, 3.8) is 0 Å². The summed E-state index contributed by atoms with van der Waals surface area (Å²) in [5.41, 5.74) is -1.60. The van der Waals surface area contributed by atoms with Crippen molar-refractivity contribution in [1.82, 2.24) is 30.3 Å². The van der Waals surface area contributed by atoms with E-state index in [0.29, 0.717) is 92.8 Å². The maximum Gasteiger partial charge on any atom is 0.344 e. The highest BCUT2D eigenvalue weighted by Gasteiger charge is 2.76. The average molecular weight is 887 g/mol. The Bertz CT molecular complexity index is 2360. The molecule has 1 aromatic carbocycles. The number of aliphatic hydroxyl groups is 1. The monoisotopic (exact) mass is 886 g/mol. The van der Waals surface area contributed by atoms with Gasteiger partial charge in [-0.2, -0.15) is 0 Å². The Balaban J connectivity index is 1.31. The maximum absolute atomic E-state index is 15.2. The number of fused-ring (bicyclic) bond motifs is 5. The summed E-state index contributed by atoms with van der Waals surface area (Å²) >= 11 is 0. The number of methoxy groups -OCH3 is 3. The average Bonchev–Trinajstić information content (AvgIpc) is 3.91. The van der Waals surface area contributed by atoms with Gasteiger partial charge < -0.3 is 49.5 Å². The number of H-pyrrole nitrogens is 1. The number of likely N-dealkylation sites (N-methyl/N-ethyl adjacent to an activating group) is 1. The van der Waals surface area contributed by atoms with E-state index in [2.05, 4.69) is 32.3 Å². The van der Waals surface area contributed by atoms with Gasteiger partial charge in [0.1, 0.15) is 17.0 Å². The van der Waals surface area contributed by atoms with E-state index < -0.39 is 63.8 Å². The number of nitrogens with one attached hydrogen (secondary N) is 3. The number of allylic oxidation sites excluding steroid dienone is 2. The Labute approximate surface area is 374 Å². The molecule has 4 N–H and O–H groups in total. The highest BCUT2D eigenvalue weighted by molar-refractivity contribution is 5.94. The fourth-order valence-electron chi connectivity index (χ4n) is 13.2. The van der Waals surface area contributed by atoms with E-state index in [0.717, 1.165) is 11.1 Å². The highest BCUT2D eigenvalue weighted by atomic mass is 19.1. The molecule has 3 unspecified atom stereocenters. The van der Waals surface area contributed by atoms with E-state index >= 15 is 9.18 Å². The third-order valence-electron chi connectivity index (χ3n) is 15.7. The molecular formula is C48H63FN6O9. The van der Waals surface area contributed by atoms with E-state index in [-0.39, 0.29) is 30.2 Å². The first kappa shape index (κ1) is 45.4. The van der Waals surface area contributed by atoms with Crippen molar-refractivity contribution >= 4 is 34.8 Å². The van der Waals surface area contributed by atoms with Crippen molar-refractivity contribution in [2.75, 3.05) is 67.6 Å². The third-order valence-corrected chi connectivity index (χ3v) is 15.7. The van der Waals surface area contributed by atoms with Crippen LogP contribution >= 0.6 is 0 Å². The molecule has 16 heteroatoms. The maximum atomic E-state index is 15.2.